The summed E-state index contributed by atoms with van der Waals surface area (Å²) in [5, 5.41) is -1.17. The van der Waals surface area contributed by atoms with Crippen LogP contribution >= 0.6 is 23.2 Å². The second kappa shape index (κ2) is 6.63. The lowest BCUT2D eigenvalue weighted by atomic mass is 10.2. The minimum atomic E-state index is -0.629. The zero-order valence-corrected chi connectivity index (χ0v) is 8.31. The Labute approximate surface area is 86.5 Å². The maximum absolute atomic E-state index is 10.7. The molecule has 0 fully saturated rings. The summed E-state index contributed by atoms with van der Waals surface area (Å²) >= 11 is 10.3. The zero-order valence-electron chi connectivity index (χ0n) is 6.80. The van der Waals surface area contributed by atoms with Gasteiger partial charge in [-0.25, -0.2) is 0 Å². The quantitative estimate of drug-likeness (QED) is 0.404. The summed E-state index contributed by atoms with van der Waals surface area (Å²) in [6.45, 7) is 3.43. The van der Waals surface area contributed by atoms with Gasteiger partial charge >= 0.3 is 0 Å². The van der Waals surface area contributed by atoms with E-state index in [2.05, 4.69) is 6.58 Å². The Morgan fingerprint density at radius 1 is 1.31 bits per heavy atom. The van der Waals surface area contributed by atoms with Crippen molar-refractivity contribution >= 4 is 33.7 Å². The van der Waals surface area contributed by atoms with Crippen LogP contribution in [0.5, 0.6) is 0 Å². The average molecular weight is 219 g/mol. The fourth-order valence-corrected chi connectivity index (χ4v) is 0.793. The normalized spacial score (nSPS) is 11.7. The molecule has 0 aliphatic heterocycles. The first-order chi connectivity index (χ1) is 6.07. The lowest BCUT2D eigenvalue weighted by Gasteiger charge is -1.91. The van der Waals surface area contributed by atoms with Crippen LogP contribution in [-0.2, 0) is 9.59 Å². The zero-order chi connectivity index (χ0) is 10.3. The Balaban J connectivity index is 4.50. The van der Waals surface area contributed by atoms with Gasteiger partial charge in [0.2, 0.25) is 5.24 Å². The van der Waals surface area contributed by atoms with Gasteiger partial charge in [-0.3, -0.25) is 9.59 Å². The first-order valence-corrected chi connectivity index (χ1v) is 4.21. The molecule has 0 heterocycles. The fraction of sp³-hybridized carbons (Fsp3) is 0.111. The maximum Gasteiger partial charge on any atom is 0.252 e. The van der Waals surface area contributed by atoms with Crippen molar-refractivity contribution in [1.82, 2.24) is 0 Å². The highest BCUT2D eigenvalue weighted by molar-refractivity contribution is 6.68. The van der Waals surface area contributed by atoms with Crippen molar-refractivity contribution in [2.75, 3.05) is 0 Å². The highest BCUT2D eigenvalue weighted by Gasteiger charge is 2.02. The number of carbonyl (C=O) groups is 2. The fourth-order valence-electron chi connectivity index (χ4n) is 0.576. The molecule has 0 amide bonds. The molecule has 0 unspecified atom stereocenters. The lowest BCUT2D eigenvalue weighted by molar-refractivity contribution is -0.110. The molecule has 0 atom stereocenters. The standard InChI is InChI=1S/C9H8Cl2O2/c1-2-3-4-7(9(11)13)5-6-8(10)12/h2-5H,1,6H2/b4-3-,7-5+. The van der Waals surface area contributed by atoms with E-state index in [1.165, 1.54) is 18.2 Å². The van der Waals surface area contributed by atoms with Gasteiger partial charge in [-0.15, -0.1) is 0 Å². The number of hydrogen-bond acceptors (Lipinski definition) is 2. The molecule has 0 spiro atoms. The van der Waals surface area contributed by atoms with Gasteiger partial charge in [0.05, 0.1) is 0 Å². The highest BCUT2D eigenvalue weighted by Crippen LogP contribution is 2.05. The smallest absolute Gasteiger partial charge is 0.252 e. The number of hydrogen-bond donors (Lipinski definition) is 0. The van der Waals surface area contributed by atoms with E-state index in [0.717, 1.165) is 0 Å². The molecule has 0 aromatic heterocycles. The molecule has 0 rings (SSSR count). The molecular weight excluding hydrogens is 211 g/mol. The van der Waals surface area contributed by atoms with E-state index in [1.54, 1.807) is 6.08 Å². The molecular formula is C9H8Cl2O2. The lowest BCUT2D eigenvalue weighted by Crippen LogP contribution is -1.91. The molecule has 0 aliphatic rings. The maximum atomic E-state index is 10.7. The number of rotatable bonds is 5. The Morgan fingerprint density at radius 3 is 2.31 bits per heavy atom. The van der Waals surface area contributed by atoms with E-state index in [9.17, 15) is 9.59 Å². The monoisotopic (exact) mass is 218 g/mol. The molecule has 0 aliphatic carbocycles. The third-order valence-corrected chi connectivity index (χ3v) is 1.49. The van der Waals surface area contributed by atoms with Crippen LogP contribution in [0.15, 0.2) is 36.5 Å². The van der Waals surface area contributed by atoms with Crippen molar-refractivity contribution in [2.45, 2.75) is 6.42 Å². The molecule has 0 saturated heterocycles. The van der Waals surface area contributed by atoms with Gasteiger partial charge < -0.3 is 0 Å². The third kappa shape index (κ3) is 6.31. The van der Waals surface area contributed by atoms with Crippen molar-refractivity contribution in [2.24, 2.45) is 0 Å². The van der Waals surface area contributed by atoms with Crippen molar-refractivity contribution < 1.29 is 9.59 Å². The predicted molar refractivity (Wildman–Crippen MR) is 53.8 cm³/mol. The summed E-state index contributed by atoms with van der Waals surface area (Å²) in [6, 6.07) is 0. The molecule has 0 aromatic rings. The SMILES string of the molecule is C=C/C=C\C(=C/CC(=O)Cl)C(=O)Cl. The Hall–Kier alpha value is -0.860. The van der Waals surface area contributed by atoms with Crippen LogP contribution in [-0.4, -0.2) is 10.5 Å². The van der Waals surface area contributed by atoms with Gasteiger partial charge in [-0.2, -0.15) is 0 Å². The van der Waals surface area contributed by atoms with Crippen molar-refractivity contribution in [1.29, 1.82) is 0 Å². The molecule has 70 valence electrons. The van der Waals surface area contributed by atoms with Crippen molar-refractivity contribution in [3.05, 3.63) is 36.5 Å². The Bertz CT molecular complexity index is 277. The van der Waals surface area contributed by atoms with Gasteiger partial charge in [-0.05, 0) is 23.2 Å². The summed E-state index contributed by atoms with van der Waals surface area (Å²) in [7, 11) is 0. The predicted octanol–water partition coefficient (Wildman–Crippen LogP) is 2.58. The van der Waals surface area contributed by atoms with Gasteiger partial charge in [0, 0.05) is 12.0 Å². The number of allylic oxidation sites excluding steroid dienone is 5. The van der Waals surface area contributed by atoms with Crippen LogP contribution in [0.25, 0.3) is 0 Å². The molecule has 0 aromatic carbocycles. The van der Waals surface area contributed by atoms with Crippen LogP contribution in [0.3, 0.4) is 0 Å². The Kier molecular flexibility index (Phi) is 6.20. The molecule has 0 bridgehead atoms. The third-order valence-electron chi connectivity index (χ3n) is 1.12. The van der Waals surface area contributed by atoms with Gasteiger partial charge in [0.25, 0.3) is 5.24 Å². The first-order valence-electron chi connectivity index (χ1n) is 3.45. The summed E-state index contributed by atoms with van der Waals surface area (Å²) in [6.07, 6.45) is 5.85. The van der Waals surface area contributed by atoms with E-state index in [-0.39, 0.29) is 12.0 Å². The van der Waals surface area contributed by atoms with Crippen LogP contribution in [0, 0.1) is 0 Å². The average Bonchev–Trinajstić information content (AvgIpc) is 2.03. The summed E-state index contributed by atoms with van der Waals surface area (Å²) in [5.41, 5.74) is 0.232. The van der Waals surface area contributed by atoms with Crippen LogP contribution < -0.4 is 0 Å². The number of halogens is 2. The van der Waals surface area contributed by atoms with Crippen LogP contribution in [0.2, 0.25) is 0 Å². The summed E-state index contributed by atoms with van der Waals surface area (Å²) in [4.78, 5) is 21.1. The van der Waals surface area contributed by atoms with Crippen molar-refractivity contribution in [3.8, 4) is 0 Å². The Morgan fingerprint density at radius 2 is 1.92 bits per heavy atom. The van der Waals surface area contributed by atoms with E-state index in [1.807, 2.05) is 0 Å². The van der Waals surface area contributed by atoms with E-state index in [0.29, 0.717) is 0 Å². The van der Waals surface area contributed by atoms with E-state index in [4.69, 9.17) is 23.2 Å². The van der Waals surface area contributed by atoms with E-state index < -0.39 is 10.5 Å². The molecule has 4 heteroatoms. The summed E-state index contributed by atoms with van der Waals surface area (Å²) in [5.74, 6) is 0. The molecule has 0 saturated carbocycles. The van der Waals surface area contributed by atoms with Crippen molar-refractivity contribution in [3.63, 3.8) is 0 Å². The first kappa shape index (κ1) is 12.1. The second-order valence-electron chi connectivity index (χ2n) is 2.09. The highest BCUT2D eigenvalue weighted by atomic mass is 35.5. The second-order valence-corrected chi connectivity index (χ2v) is 2.85. The largest absolute Gasteiger partial charge is 0.281 e. The van der Waals surface area contributed by atoms with Gasteiger partial charge in [0.1, 0.15) is 0 Å². The van der Waals surface area contributed by atoms with Gasteiger partial charge in [-0.1, -0.05) is 30.9 Å². The molecule has 0 N–H and O–H groups in total. The minimum Gasteiger partial charge on any atom is -0.281 e. The van der Waals surface area contributed by atoms with Crippen LogP contribution in [0.1, 0.15) is 6.42 Å². The number of carbonyl (C=O) groups excluding carboxylic acids is 2. The van der Waals surface area contributed by atoms with Crippen LogP contribution in [0.4, 0.5) is 0 Å². The molecule has 13 heavy (non-hydrogen) atoms. The minimum absolute atomic E-state index is 0.0170. The molecule has 0 radical (unpaired) electrons. The van der Waals surface area contributed by atoms with Gasteiger partial charge in [0.15, 0.2) is 0 Å². The van der Waals surface area contributed by atoms with E-state index >= 15 is 0 Å². The topological polar surface area (TPSA) is 34.1 Å². The summed E-state index contributed by atoms with van der Waals surface area (Å²) < 4.78 is 0. The molecule has 2 nitrogen and oxygen atoms in total.